The van der Waals surface area contributed by atoms with E-state index in [4.69, 9.17) is 0 Å². The number of hydrogen-bond acceptors (Lipinski definition) is 3. The molecule has 0 aliphatic rings. The maximum Gasteiger partial charge on any atom is 0.263 e. The fourth-order valence-corrected chi connectivity index (χ4v) is 2.29. The Hall–Kier alpha value is -3.28. The number of halogens is 1. The highest BCUT2D eigenvalue weighted by atomic mass is 19.1. The topological polar surface area (TPSA) is 64.0 Å². The molecule has 0 fully saturated rings. The predicted octanol–water partition coefficient (Wildman–Crippen LogP) is 2.68. The molecule has 0 bridgehead atoms. The van der Waals surface area contributed by atoms with Crippen molar-refractivity contribution in [3.05, 3.63) is 94.3 Å². The van der Waals surface area contributed by atoms with Gasteiger partial charge < -0.3 is 9.88 Å². The lowest BCUT2D eigenvalue weighted by molar-refractivity contribution is 0.102. The van der Waals surface area contributed by atoms with Crippen molar-refractivity contribution < 1.29 is 9.18 Å². The fraction of sp³-hybridized carbons (Fsp3) is 0.0556. The molecule has 3 aromatic rings. The summed E-state index contributed by atoms with van der Waals surface area (Å²) in [5.74, 6) is -0.542. The quantitative estimate of drug-likeness (QED) is 0.803. The summed E-state index contributed by atoms with van der Waals surface area (Å²) in [5, 5.41) is 2.58. The molecule has 5 nitrogen and oxygen atoms in total. The number of hydrogen-bond donors (Lipinski definition) is 1. The smallest absolute Gasteiger partial charge is 0.263 e. The minimum absolute atomic E-state index is 0.000411. The Morgan fingerprint density at radius 3 is 2.75 bits per heavy atom. The molecule has 24 heavy (non-hydrogen) atoms. The Kier molecular flexibility index (Phi) is 4.47. The second-order valence-corrected chi connectivity index (χ2v) is 5.15. The third kappa shape index (κ3) is 3.55. The number of nitrogens with one attached hydrogen (secondary N) is 1. The molecule has 1 amide bonds. The van der Waals surface area contributed by atoms with Gasteiger partial charge in [-0.25, -0.2) is 9.37 Å². The zero-order chi connectivity index (χ0) is 16.9. The fourth-order valence-electron chi connectivity index (χ4n) is 2.29. The average Bonchev–Trinajstić information content (AvgIpc) is 2.58. The van der Waals surface area contributed by atoms with Crippen LogP contribution < -0.4 is 10.9 Å². The molecule has 3 rings (SSSR count). The first-order valence-electron chi connectivity index (χ1n) is 7.30. The number of benzene rings is 1. The molecular formula is C18H14FN3O2. The summed E-state index contributed by atoms with van der Waals surface area (Å²) in [6, 6.07) is 14.1. The number of aromatic nitrogens is 2. The van der Waals surface area contributed by atoms with Crippen LogP contribution in [0, 0.1) is 5.82 Å². The monoisotopic (exact) mass is 323 g/mol. The Labute approximate surface area is 137 Å². The first kappa shape index (κ1) is 15.6. The molecule has 0 saturated carbocycles. The number of amides is 1. The number of carbonyl (C=O) groups is 1. The number of anilines is 1. The van der Waals surface area contributed by atoms with Crippen molar-refractivity contribution in [1.29, 1.82) is 0 Å². The van der Waals surface area contributed by atoms with Gasteiger partial charge in [0.1, 0.15) is 17.2 Å². The summed E-state index contributed by atoms with van der Waals surface area (Å²) in [6.07, 6.45) is 3.10. The van der Waals surface area contributed by atoms with Gasteiger partial charge in [-0.05, 0) is 42.0 Å². The third-order valence-corrected chi connectivity index (χ3v) is 3.41. The Balaban J connectivity index is 1.85. The predicted molar refractivity (Wildman–Crippen MR) is 88.4 cm³/mol. The number of nitrogens with zero attached hydrogens (tertiary/aromatic N) is 2. The summed E-state index contributed by atoms with van der Waals surface area (Å²) < 4.78 is 14.6. The largest absolute Gasteiger partial charge is 0.310 e. The Bertz CT molecular complexity index is 923. The summed E-state index contributed by atoms with van der Waals surface area (Å²) in [5.41, 5.74) is 0.189. The lowest BCUT2D eigenvalue weighted by atomic mass is 10.2. The van der Waals surface area contributed by atoms with Gasteiger partial charge in [-0.3, -0.25) is 9.59 Å². The van der Waals surface area contributed by atoms with Crippen LogP contribution in [-0.4, -0.2) is 15.5 Å². The van der Waals surface area contributed by atoms with Crippen molar-refractivity contribution >= 4 is 11.7 Å². The highest BCUT2D eigenvalue weighted by Gasteiger charge is 2.13. The molecule has 1 aromatic carbocycles. The van der Waals surface area contributed by atoms with E-state index in [0.717, 1.165) is 0 Å². The summed E-state index contributed by atoms with van der Waals surface area (Å²) in [4.78, 5) is 28.7. The molecule has 1 N–H and O–H groups in total. The van der Waals surface area contributed by atoms with Crippen LogP contribution in [0.25, 0.3) is 0 Å². The average molecular weight is 323 g/mol. The molecule has 120 valence electrons. The van der Waals surface area contributed by atoms with Gasteiger partial charge >= 0.3 is 0 Å². The Morgan fingerprint density at radius 2 is 2.00 bits per heavy atom. The van der Waals surface area contributed by atoms with Crippen LogP contribution >= 0.6 is 0 Å². The maximum atomic E-state index is 13.3. The highest BCUT2D eigenvalue weighted by Crippen LogP contribution is 2.06. The van der Waals surface area contributed by atoms with E-state index in [2.05, 4.69) is 10.3 Å². The van der Waals surface area contributed by atoms with Crippen LogP contribution in [-0.2, 0) is 6.54 Å². The zero-order valence-corrected chi connectivity index (χ0v) is 12.6. The van der Waals surface area contributed by atoms with Crippen molar-refractivity contribution in [3.63, 3.8) is 0 Å². The lowest BCUT2D eigenvalue weighted by Crippen LogP contribution is -2.29. The SMILES string of the molecule is O=C(Nc1ccccn1)c1cccn(Cc2cccc(F)c2)c1=O. The summed E-state index contributed by atoms with van der Waals surface area (Å²) >= 11 is 0. The van der Waals surface area contributed by atoms with E-state index < -0.39 is 11.5 Å². The van der Waals surface area contributed by atoms with Gasteiger partial charge in [0.05, 0.1) is 6.54 Å². The molecule has 0 unspecified atom stereocenters. The molecule has 0 radical (unpaired) electrons. The first-order valence-corrected chi connectivity index (χ1v) is 7.30. The number of pyridine rings is 2. The van der Waals surface area contributed by atoms with Gasteiger partial charge in [0.25, 0.3) is 11.5 Å². The standard InChI is InChI=1S/C18H14FN3O2/c19-14-6-3-5-13(11-14)12-22-10-4-7-15(18(22)24)17(23)21-16-8-1-2-9-20-16/h1-11H,12H2,(H,20,21,23). The second kappa shape index (κ2) is 6.87. The molecule has 6 heteroatoms. The molecule has 0 saturated heterocycles. The zero-order valence-electron chi connectivity index (χ0n) is 12.6. The summed E-state index contributed by atoms with van der Waals surface area (Å²) in [7, 11) is 0. The highest BCUT2D eigenvalue weighted by molar-refractivity contribution is 6.03. The van der Waals surface area contributed by atoms with Gasteiger partial charge in [0.15, 0.2) is 0 Å². The third-order valence-electron chi connectivity index (χ3n) is 3.41. The van der Waals surface area contributed by atoms with E-state index in [1.807, 2.05) is 0 Å². The van der Waals surface area contributed by atoms with E-state index in [1.165, 1.54) is 22.8 Å². The lowest BCUT2D eigenvalue weighted by Gasteiger charge is -2.09. The minimum atomic E-state index is -0.535. The van der Waals surface area contributed by atoms with Gasteiger partial charge in [0.2, 0.25) is 0 Å². The normalized spacial score (nSPS) is 10.4. The van der Waals surface area contributed by atoms with Gasteiger partial charge in [-0.15, -0.1) is 0 Å². The van der Waals surface area contributed by atoms with Gasteiger partial charge in [0, 0.05) is 12.4 Å². The van der Waals surface area contributed by atoms with Gasteiger partial charge in [-0.2, -0.15) is 0 Å². The van der Waals surface area contributed by atoms with Crippen molar-refractivity contribution in [3.8, 4) is 0 Å². The van der Waals surface area contributed by atoms with Crippen LogP contribution in [0.5, 0.6) is 0 Å². The van der Waals surface area contributed by atoms with Crippen molar-refractivity contribution in [2.75, 3.05) is 5.32 Å². The van der Waals surface area contributed by atoms with Crippen molar-refractivity contribution in [2.45, 2.75) is 6.54 Å². The maximum absolute atomic E-state index is 13.3. The molecule has 0 atom stereocenters. The van der Waals surface area contributed by atoms with E-state index >= 15 is 0 Å². The molecule has 0 spiro atoms. The van der Waals surface area contributed by atoms with Crippen LogP contribution in [0.1, 0.15) is 15.9 Å². The van der Waals surface area contributed by atoms with Crippen LogP contribution in [0.3, 0.4) is 0 Å². The van der Waals surface area contributed by atoms with Crippen LogP contribution in [0.4, 0.5) is 10.2 Å². The molecule has 0 aliphatic heterocycles. The van der Waals surface area contributed by atoms with Crippen LogP contribution in [0.15, 0.2) is 71.8 Å². The summed E-state index contributed by atoms with van der Waals surface area (Å²) in [6.45, 7) is 0.182. The van der Waals surface area contributed by atoms with E-state index in [0.29, 0.717) is 11.4 Å². The number of rotatable bonds is 4. The van der Waals surface area contributed by atoms with Crippen LogP contribution in [0.2, 0.25) is 0 Å². The molecule has 0 aliphatic carbocycles. The first-order chi connectivity index (χ1) is 11.6. The molecule has 2 heterocycles. The van der Waals surface area contributed by atoms with E-state index in [-0.39, 0.29) is 17.9 Å². The molecular weight excluding hydrogens is 309 g/mol. The van der Waals surface area contributed by atoms with E-state index in [1.54, 1.807) is 48.8 Å². The minimum Gasteiger partial charge on any atom is -0.310 e. The van der Waals surface area contributed by atoms with Crippen molar-refractivity contribution in [1.82, 2.24) is 9.55 Å². The van der Waals surface area contributed by atoms with Crippen molar-refractivity contribution in [2.24, 2.45) is 0 Å². The Morgan fingerprint density at radius 1 is 1.12 bits per heavy atom. The second-order valence-electron chi connectivity index (χ2n) is 5.15. The molecule has 2 aromatic heterocycles. The van der Waals surface area contributed by atoms with E-state index in [9.17, 15) is 14.0 Å². The number of carbonyl (C=O) groups excluding carboxylic acids is 1. The van der Waals surface area contributed by atoms with Gasteiger partial charge in [-0.1, -0.05) is 18.2 Å².